The number of Topliss-reactive ketones (excluding diaryl/α,β-unsaturated/α-hetero) is 1. The highest BCUT2D eigenvalue weighted by atomic mass is 19.4. The first-order valence-corrected chi connectivity index (χ1v) is 5.52. The number of nitrogens with zero attached hydrogens (tertiary/aromatic N) is 1. The first-order chi connectivity index (χ1) is 8.85. The van der Waals surface area contributed by atoms with Gasteiger partial charge in [0.1, 0.15) is 5.75 Å². The standard InChI is InChI=1S/C12H10F3NO3/c13-12(14,15)19-9-3-1-8(2-4-9)7-16-6-5-10(17)11(16)18/h1-4H,5-7H2. The Balaban J connectivity index is 1.99. The molecule has 0 aromatic heterocycles. The fourth-order valence-corrected chi connectivity index (χ4v) is 1.79. The molecular formula is C12H10F3NO3. The van der Waals surface area contributed by atoms with E-state index < -0.39 is 18.1 Å². The second kappa shape index (κ2) is 4.91. The van der Waals surface area contributed by atoms with Gasteiger partial charge in [-0.25, -0.2) is 0 Å². The first kappa shape index (κ1) is 13.4. The van der Waals surface area contributed by atoms with E-state index in [9.17, 15) is 22.8 Å². The van der Waals surface area contributed by atoms with Gasteiger partial charge in [-0.1, -0.05) is 12.1 Å². The van der Waals surface area contributed by atoms with Gasteiger partial charge in [0.15, 0.2) is 0 Å². The molecule has 0 aliphatic carbocycles. The molecule has 0 saturated carbocycles. The van der Waals surface area contributed by atoms with E-state index in [-0.39, 0.29) is 18.7 Å². The van der Waals surface area contributed by atoms with Crippen molar-refractivity contribution in [1.82, 2.24) is 4.90 Å². The maximum atomic E-state index is 12.0. The molecule has 1 fully saturated rings. The Hall–Kier alpha value is -2.05. The zero-order valence-electron chi connectivity index (χ0n) is 9.74. The lowest BCUT2D eigenvalue weighted by molar-refractivity contribution is -0.274. The lowest BCUT2D eigenvalue weighted by atomic mass is 10.2. The van der Waals surface area contributed by atoms with Gasteiger partial charge in [-0.3, -0.25) is 9.59 Å². The number of likely N-dealkylation sites (tertiary alicyclic amines) is 1. The average molecular weight is 273 g/mol. The van der Waals surface area contributed by atoms with E-state index in [1.807, 2.05) is 0 Å². The van der Waals surface area contributed by atoms with Crippen LogP contribution < -0.4 is 4.74 Å². The molecule has 1 aromatic carbocycles. The highest BCUT2D eigenvalue weighted by Crippen LogP contribution is 2.23. The molecule has 0 unspecified atom stereocenters. The van der Waals surface area contributed by atoms with Crippen LogP contribution in [0.5, 0.6) is 5.75 Å². The predicted molar refractivity (Wildman–Crippen MR) is 58.2 cm³/mol. The van der Waals surface area contributed by atoms with Crippen LogP contribution in [0.3, 0.4) is 0 Å². The van der Waals surface area contributed by atoms with Crippen LogP contribution in [0.1, 0.15) is 12.0 Å². The molecule has 102 valence electrons. The van der Waals surface area contributed by atoms with Crippen LogP contribution in [0.15, 0.2) is 24.3 Å². The van der Waals surface area contributed by atoms with Gasteiger partial charge in [0.05, 0.1) is 0 Å². The summed E-state index contributed by atoms with van der Waals surface area (Å²) in [6.45, 7) is 0.551. The first-order valence-electron chi connectivity index (χ1n) is 5.52. The number of amides is 1. The summed E-state index contributed by atoms with van der Waals surface area (Å²) in [6.07, 6.45) is -4.53. The van der Waals surface area contributed by atoms with Crippen LogP contribution in [0.2, 0.25) is 0 Å². The second-order valence-electron chi connectivity index (χ2n) is 4.09. The minimum Gasteiger partial charge on any atom is -0.406 e. The van der Waals surface area contributed by atoms with Crippen LogP contribution in [0.25, 0.3) is 0 Å². The summed E-state index contributed by atoms with van der Waals surface area (Å²) in [4.78, 5) is 23.8. The van der Waals surface area contributed by atoms with Crippen molar-refractivity contribution in [3.63, 3.8) is 0 Å². The lowest BCUT2D eigenvalue weighted by Gasteiger charge is -2.15. The Morgan fingerprint density at radius 2 is 1.79 bits per heavy atom. The lowest BCUT2D eigenvalue weighted by Crippen LogP contribution is -2.26. The van der Waals surface area contributed by atoms with E-state index in [2.05, 4.69) is 4.74 Å². The molecule has 2 rings (SSSR count). The van der Waals surface area contributed by atoms with Crippen LogP contribution in [0.4, 0.5) is 13.2 Å². The predicted octanol–water partition coefficient (Wildman–Crippen LogP) is 1.89. The van der Waals surface area contributed by atoms with Crippen LogP contribution in [0, 0.1) is 0 Å². The van der Waals surface area contributed by atoms with Crippen molar-refractivity contribution in [3.05, 3.63) is 29.8 Å². The minimum absolute atomic E-state index is 0.189. The molecule has 19 heavy (non-hydrogen) atoms. The third-order valence-electron chi connectivity index (χ3n) is 2.66. The van der Waals surface area contributed by atoms with Gasteiger partial charge in [0, 0.05) is 19.5 Å². The minimum atomic E-state index is -4.72. The fraction of sp³-hybridized carbons (Fsp3) is 0.333. The zero-order chi connectivity index (χ0) is 14.0. The van der Waals surface area contributed by atoms with E-state index in [0.29, 0.717) is 12.1 Å². The molecule has 0 atom stereocenters. The van der Waals surface area contributed by atoms with Gasteiger partial charge >= 0.3 is 6.36 Å². The zero-order valence-corrected chi connectivity index (χ0v) is 9.74. The Bertz CT molecular complexity index is 496. The molecule has 7 heteroatoms. The summed E-state index contributed by atoms with van der Waals surface area (Å²) in [5.74, 6) is -1.30. The summed E-state index contributed by atoms with van der Waals surface area (Å²) in [7, 11) is 0. The number of alkyl halides is 3. The Kier molecular flexibility index (Phi) is 3.46. The number of hydrogen-bond acceptors (Lipinski definition) is 3. The van der Waals surface area contributed by atoms with Crippen LogP contribution >= 0.6 is 0 Å². The summed E-state index contributed by atoms with van der Waals surface area (Å²) in [6, 6.07) is 5.20. The topological polar surface area (TPSA) is 46.6 Å². The third kappa shape index (κ3) is 3.46. The third-order valence-corrected chi connectivity index (χ3v) is 2.66. The van der Waals surface area contributed by atoms with Crippen molar-refractivity contribution >= 4 is 11.7 Å². The molecule has 0 radical (unpaired) electrons. The summed E-state index contributed by atoms with van der Waals surface area (Å²) in [5.41, 5.74) is 0.637. The molecule has 1 aliphatic rings. The Morgan fingerprint density at radius 1 is 1.16 bits per heavy atom. The Morgan fingerprint density at radius 3 is 2.26 bits per heavy atom. The van der Waals surface area contributed by atoms with E-state index in [1.165, 1.54) is 29.2 Å². The van der Waals surface area contributed by atoms with Crippen molar-refractivity contribution in [2.75, 3.05) is 6.54 Å². The molecule has 1 aromatic rings. The van der Waals surface area contributed by atoms with Crippen molar-refractivity contribution in [3.8, 4) is 5.75 Å². The van der Waals surface area contributed by atoms with Gasteiger partial charge in [0.2, 0.25) is 5.78 Å². The van der Waals surface area contributed by atoms with Crippen molar-refractivity contribution in [2.45, 2.75) is 19.3 Å². The van der Waals surface area contributed by atoms with E-state index in [1.54, 1.807) is 0 Å². The SMILES string of the molecule is O=C1CCN(Cc2ccc(OC(F)(F)F)cc2)C1=O. The number of benzene rings is 1. The molecule has 0 bridgehead atoms. The Labute approximate surface area is 106 Å². The molecule has 4 nitrogen and oxygen atoms in total. The van der Waals surface area contributed by atoms with Gasteiger partial charge < -0.3 is 9.64 Å². The van der Waals surface area contributed by atoms with Gasteiger partial charge in [-0.05, 0) is 17.7 Å². The maximum Gasteiger partial charge on any atom is 0.573 e. The highest BCUT2D eigenvalue weighted by molar-refractivity contribution is 6.37. The average Bonchev–Trinajstić information content (AvgIpc) is 2.62. The smallest absolute Gasteiger partial charge is 0.406 e. The van der Waals surface area contributed by atoms with E-state index in [0.717, 1.165) is 0 Å². The van der Waals surface area contributed by atoms with Crippen molar-refractivity contribution < 1.29 is 27.5 Å². The quantitative estimate of drug-likeness (QED) is 0.790. The number of ketones is 1. The number of carbonyl (C=O) groups is 2. The second-order valence-corrected chi connectivity index (χ2v) is 4.09. The summed E-state index contributed by atoms with van der Waals surface area (Å²) < 4.78 is 39.6. The molecule has 1 saturated heterocycles. The number of halogens is 3. The van der Waals surface area contributed by atoms with Gasteiger partial charge in [-0.15, -0.1) is 13.2 Å². The highest BCUT2D eigenvalue weighted by Gasteiger charge is 2.31. The molecule has 1 aliphatic heterocycles. The number of rotatable bonds is 3. The normalized spacial score (nSPS) is 16.1. The summed E-state index contributed by atoms with van der Waals surface area (Å²) in [5, 5.41) is 0. The van der Waals surface area contributed by atoms with Crippen LogP contribution in [-0.4, -0.2) is 29.5 Å². The van der Waals surface area contributed by atoms with Crippen LogP contribution in [-0.2, 0) is 16.1 Å². The fourth-order valence-electron chi connectivity index (χ4n) is 1.79. The molecule has 1 heterocycles. The maximum absolute atomic E-state index is 12.0. The molecule has 0 spiro atoms. The molecular weight excluding hydrogens is 263 g/mol. The van der Waals surface area contributed by atoms with Gasteiger partial charge in [0.25, 0.3) is 5.91 Å². The van der Waals surface area contributed by atoms with Crippen molar-refractivity contribution in [2.24, 2.45) is 0 Å². The van der Waals surface area contributed by atoms with Crippen molar-refractivity contribution in [1.29, 1.82) is 0 Å². The molecule has 1 amide bonds. The summed E-state index contributed by atoms with van der Waals surface area (Å²) >= 11 is 0. The number of ether oxygens (including phenoxy) is 1. The number of hydrogen-bond donors (Lipinski definition) is 0. The van der Waals surface area contributed by atoms with Gasteiger partial charge in [-0.2, -0.15) is 0 Å². The monoisotopic (exact) mass is 273 g/mol. The number of carbonyl (C=O) groups excluding carboxylic acids is 2. The largest absolute Gasteiger partial charge is 0.573 e. The molecule has 0 N–H and O–H groups in total. The van der Waals surface area contributed by atoms with E-state index >= 15 is 0 Å². The van der Waals surface area contributed by atoms with E-state index in [4.69, 9.17) is 0 Å².